The zero-order valence-corrected chi connectivity index (χ0v) is 37.4. The second kappa shape index (κ2) is 49.4. The molecule has 36 heteroatoms. The molecule has 0 aliphatic carbocycles. The minimum atomic E-state index is -1.29. The molecular weight excluding hydrogens is 950 g/mol. The van der Waals surface area contributed by atoms with Gasteiger partial charge in [0.1, 0.15) is 42.3 Å². The van der Waals surface area contributed by atoms with Gasteiger partial charge in [0.2, 0.25) is 11.8 Å². The van der Waals surface area contributed by atoms with Crippen LogP contribution in [0.15, 0.2) is 4.99 Å². The first kappa shape index (κ1) is 78.1. The van der Waals surface area contributed by atoms with Crippen molar-refractivity contribution in [2.75, 3.05) is 18.8 Å². The standard InChI is InChI=1S/C6H14N4O2.C5H10N2O3.C5H9NO4.C4H8N2O3.C4H7NO4.C3H7NO2S.C3H7NO2.C2H5NO2/c7-4(5(11)12)2-1-3-10-6(8)9;2*6-3(5(9)10)1-2-4(7)8;2*5-2(4(8)9)1-3(6)7;4-2(1-7)3(5)6;1-2(4)3(5)6;3-1-2(4)5/h4H,1-3,7H2,(H,11,12)(H4,8,9,10);3H,1-2,6H2,(H2,7,8)(H,9,10);3H,1-2,6H2,(H,7,8)(H,9,10);2H,1,5H2,(H2,6,7)(H,8,9);2H,1,5H2,(H,6,7)(H,8,9);2,7H,1,4H2,(H,5,6);2H,4H2,1H3,(H,5,6);1,3H2,(H,4,5). The number of hydrogen-bond donors (Lipinski definition) is 23. The zero-order valence-electron chi connectivity index (χ0n) is 36.5. The molecule has 0 bridgehead atoms. The molecule has 0 heterocycles. The van der Waals surface area contributed by atoms with Gasteiger partial charge in [0, 0.05) is 25.1 Å². The molecule has 7 atom stereocenters. The van der Waals surface area contributed by atoms with Gasteiger partial charge in [0.25, 0.3) is 0 Å². The van der Waals surface area contributed by atoms with Crippen molar-refractivity contribution >= 4 is 90.1 Å². The fourth-order valence-electron chi connectivity index (χ4n) is 2.12. The normalized spacial score (nSPS) is 12.3. The summed E-state index contributed by atoms with van der Waals surface area (Å²) in [6, 6.07) is -6.86. The lowest BCUT2D eigenvalue weighted by Gasteiger charge is -2.03. The number of carbonyl (C=O) groups is 12. The summed E-state index contributed by atoms with van der Waals surface area (Å²) in [5.41, 5.74) is 58.9. The van der Waals surface area contributed by atoms with E-state index in [1.165, 1.54) is 6.92 Å². The summed E-state index contributed by atoms with van der Waals surface area (Å²) in [5.74, 6) is -12.0. The van der Waals surface area contributed by atoms with Gasteiger partial charge in [-0.05, 0) is 32.6 Å². The summed E-state index contributed by atoms with van der Waals surface area (Å²) in [5, 5.41) is 80.5. The number of guanidine groups is 1. The number of amides is 2. The molecule has 0 aliphatic heterocycles. The van der Waals surface area contributed by atoms with Crippen molar-refractivity contribution < 1.29 is 109 Å². The minimum absolute atomic E-state index is 0.0129. The van der Waals surface area contributed by atoms with Gasteiger partial charge in [-0.2, -0.15) is 12.6 Å². The van der Waals surface area contributed by atoms with Gasteiger partial charge < -0.3 is 120 Å². The lowest BCUT2D eigenvalue weighted by atomic mass is 10.2. The van der Waals surface area contributed by atoms with E-state index in [1.807, 2.05) is 0 Å². The smallest absolute Gasteiger partial charge is 0.321 e. The topological polar surface area (TPSA) is 732 Å². The quantitative estimate of drug-likeness (QED) is 0.0196. The molecule has 34 N–H and O–H groups in total. The van der Waals surface area contributed by atoms with E-state index in [1.54, 1.807) is 0 Å². The van der Waals surface area contributed by atoms with Crippen molar-refractivity contribution in [2.45, 2.75) is 101 Å². The van der Waals surface area contributed by atoms with Crippen LogP contribution in [0.4, 0.5) is 0 Å². The number of primary amides is 2. The average Bonchev–Trinajstić information content (AvgIpc) is 3.20. The van der Waals surface area contributed by atoms with E-state index in [-0.39, 0.29) is 50.4 Å². The first-order valence-corrected chi connectivity index (χ1v) is 18.9. The van der Waals surface area contributed by atoms with Crippen LogP contribution < -0.4 is 68.8 Å². The highest BCUT2D eigenvalue weighted by Crippen LogP contribution is 1.95. The van der Waals surface area contributed by atoms with Crippen molar-refractivity contribution in [3.63, 3.8) is 0 Å². The number of nitrogens with zero attached hydrogens (tertiary/aromatic N) is 1. The Labute approximate surface area is 391 Å². The number of hydrogen-bond acceptors (Lipinski definition) is 22. The Morgan fingerprint density at radius 3 is 0.926 bits per heavy atom. The maximum Gasteiger partial charge on any atom is 0.321 e. The molecule has 0 radical (unpaired) electrons. The van der Waals surface area contributed by atoms with Gasteiger partial charge >= 0.3 is 59.7 Å². The Kier molecular flexibility index (Phi) is 56.7. The van der Waals surface area contributed by atoms with Gasteiger partial charge in [0.05, 0.1) is 19.4 Å². The highest BCUT2D eigenvalue weighted by molar-refractivity contribution is 7.80. The Bertz CT molecular complexity index is 1510. The lowest BCUT2D eigenvalue weighted by molar-refractivity contribution is -0.144. The van der Waals surface area contributed by atoms with Crippen molar-refractivity contribution in [1.82, 2.24) is 0 Å². The number of rotatable bonds is 23. The molecule has 0 spiro atoms. The van der Waals surface area contributed by atoms with E-state index in [0.717, 1.165) is 0 Å². The number of carboxylic acid groups (broad SMARTS) is 10. The van der Waals surface area contributed by atoms with Crippen LogP contribution in [0.3, 0.4) is 0 Å². The number of aliphatic imine (C=N–C) groups is 1. The molecular formula is C32H67N13O22S. The van der Waals surface area contributed by atoms with Gasteiger partial charge in [-0.3, -0.25) is 62.5 Å². The molecule has 398 valence electrons. The molecule has 0 saturated carbocycles. The van der Waals surface area contributed by atoms with Crippen LogP contribution in [0, 0.1) is 0 Å². The summed E-state index contributed by atoms with van der Waals surface area (Å²) in [4.78, 5) is 122. The molecule has 0 aromatic heterocycles. The number of nitrogens with two attached hydrogens (primary N) is 12. The van der Waals surface area contributed by atoms with Crippen molar-refractivity contribution in [2.24, 2.45) is 73.8 Å². The zero-order chi connectivity index (χ0) is 56.0. The van der Waals surface area contributed by atoms with Crippen molar-refractivity contribution in [1.29, 1.82) is 0 Å². The van der Waals surface area contributed by atoms with E-state index in [9.17, 15) is 57.5 Å². The second-order valence-corrected chi connectivity index (χ2v) is 12.6. The number of carbonyl (C=O) groups excluding carboxylic acids is 2. The summed E-state index contributed by atoms with van der Waals surface area (Å²) < 4.78 is 0. The predicted octanol–water partition coefficient (Wildman–Crippen LogP) is -8.70. The van der Waals surface area contributed by atoms with Crippen LogP contribution in [0.25, 0.3) is 0 Å². The molecule has 0 aliphatic rings. The number of thiol groups is 1. The molecule has 0 aromatic rings. The largest absolute Gasteiger partial charge is 0.481 e. The first-order chi connectivity index (χ1) is 30.8. The number of carboxylic acids is 10. The first-order valence-electron chi connectivity index (χ1n) is 18.3. The average molecular weight is 1020 g/mol. The predicted molar refractivity (Wildman–Crippen MR) is 237 cm³/mol. The minimum Gasteiger partial charge on any atom is -0.481 e. The van der Waals surface area contributed by atoms with Gasteiger partial charge in [-0.1, -0.05) is 0 Å². The van der Waals surface area contributed by atoms with Crippen LogP contribution >= 0.6 is 12.6 Å². The van der Waals surface area contributed by atoms with Crippen LogP contribution in [-0.4, -0.2) is 190 Å². The summed E-state index contributed by atoms with van der Waals surface area (Å²) in [7, 11) is 0. The third-order valence-corrected chi connectivity index (χ3v) is 6.21. The van der Waals surface area contributed by atoms with Gasteiger partial charge in [-0.15, -0.1) is 0 Å². The molecule has 68 heavy (non-hydrogen) atoms. The Balaban J connectivity index is -0.000000102. The van der Waals surface area contributed by atoms with E-state index < -0.39 is 120 Å². The third kappa shape index (κ3) is 79.3. The van der Waals surface area contributed by atoms with Gasteiger partial charge in [-0.25, -0.2) is 0 Å². The summed E-state index contributed by atoms with van der Waals surface area (Å²) >= 11 is 3.65. The third-order valence-electron chi connectivity index (χ3n) is 5.82. The monoisotopic (exact) mass is 1020 g/mol. The molecule has 0 fully saturated rings. The number of aliphatic carboxylic acids is 10. The molecule has 0 rings (SSSR count). The molecule has 7 unspecified atom stereocenters. The van der Waals surface area contributed by atoms with E-state index in [2.05, 4.69) is 29.1 Å². The molecule has 0 aromatic carbocycles. The van der Waals surface area contributed by atoms with Gasteiger partial charge in [0.15, 0.2) is 5.96 Å². The van der Waals surface area contributed by atoms with E-state index in [0.29, 0.717) is 19.4 Å². The maximum absolute atomic E-state index is 10.2. The highest BCUT2D eigenvalue weighted by atomic mass is 32.1. The van der Waals surface area contributed by atoms with Crippen LogP contribution in [0.2, 0.25) is 0 Å². The van der Waals surface area contributed by atoms with Crippen LogP contribution in [0.5, 0.6) is 0 Å². The Morgan fingerprint density at radius 1 is 0.441 bits per heavy atom. The fraction of sp³-hybridized carbons (Fsp3) is 0.594. The van der Waals surface area contributed by atoms with E-state index >= 15 is 0 Å². The van der Waals surface area contributed by atoms with Crippen molar-refractivity contribution in [3.05, 3.63) is 0 Å². The SMILES string of the molecule is CC(N)C(=O)O.NC(=O)CC(N)C(=O)O.NC(=O)CCC(N)C(=O)O.NC(CC(=O)O)C(=O)O.NC(CCC(=O)O)C(=O)O.NC(CS)C(=O)O.NC(N)=NCCCC(N)C(=O)O.NCC(=O)O. The van der Waals surface area contributed by atoms with Crippen molar-refractivity contribution in [3.8, 4) is 0 Å². The van der Waals surface area contributed by atoms with E-state index in [4.69, 9.17) is 108 Å². The second-order valence-electron chi connectivity index (χ2n) is 12.2. The fourth-order valence-corrected chi connectivity index (χ4v) is 2.28. The Morgan fingerprint density at radius 2 is 0.750 bits per heavy atom. The molecule has 2 amide bonds. The maximum atomic E-state index is 10.2. The highest BCUT2D eigenvalue weighted by Gasteiger charge is 2.16. The molecule has 0 saturated heterocycles. The summed E-state index contributed by atoms with van der Waals surface area (Å²) in [6.45, 7) is 1.56. The molecule has 35 nitrogen and oxygen atoms in total. The van der Waals surface area contributed by atoms with Crippen LogP contribution in [0.1, 0.15) is 58.3 Å². The van der Waals surface area contributed by atoms with Crippen LogP contribution in [-0.2, 0) is 57.5 Å². The summed E-state index contributed by atoms with van der Waals surface area (Å²) in [6.07, 6.45) is 0.0123. The lowest BCUT2D eigenvalue weighted by Crippen LogP contribution is -2.34. The Hall–Kier alpha value is -7.06.